The molecule has 0 atom stereocenters. The Morgan fingerprint density at radius 3 is 2.47 bits per heavy atom. The number of phenolic OH excluding ortho intramolecular Hbond substituents is 2. The molecule has 0 saturated heterocycles. The SMILES string of the molecule is O=C(NN=Cc1cccc(O)c1)c1ccc(O)cc1. The molecule has 96 valence electrons. The van der Waals surface area contributed by atoms with E-state index in [1.165, 1.54) is 36.5 Å². The molecule has 0 aliphatic heterocycles. The van der Waals surface area contributed by atoms with Crippen LogP contribution in [0.25, 0.3) is 0 Å². The van der Waals surface area contributed by atoms with Crippen molar-refractivity contribution in [3.63, 3.8) is 0 Å². The zero-order chi connectivity index (χ0) is 13.7. The average Bonchev–Trinajstić information content (AvgIpc) is 2.39. The molecule has 0 heterocycles. The van der Waals surface area contributed by atoms with Crippen molar-refractivity contribution in [2.24, 2.45) is 5.10 Å². The van der Waals surface area contributed by atoms with Crippen LogP contribution in [0.15, 0.2) is 53.6 Å². The minimum atomic E-state index is -0.378. The summed E-state index contributed by atoms with van der Waals surface area (Å²) in [6, 6.07) is 12.3. The second-order valence-corrected chi connectivity index (χ2v) is 3.84. The maximum absolute atomic E-state index is 11.7. The zero-order valence-corrected chi connectivity index (χ0v) is 9.95. The lowest BCUT2D eigenvalue weighted by Crippen LogP contribution is -2.17. The van der Waals surface area contributed by atoms with Gasteiger partial charge < -0.3 is 10.2 Å². The van der Waals surface area contributed by atoms with Gasteiger partial charge in [0.1, 0.15) is 11.5 Å². The fourth-order valence-electron chi connectivity index (χ4n) is 1.45. The van der Waals surface area contributed by atoms with Crippen LogP contribution in [0, 0.1) is 0 Å². The fraction of sp³-hybridized carbons (Fsp3) is 0. The van der Waals surface area contributed by atoms with E-state index in [2.05, 4.69) is 10.5 Å². The van der Waals surface area contributed by atoms with Gasteiger partial charge in [-0.1, -0.05) is 12.1 Å². The van der Waals surface area contributed by atoms with E-state index < -0.39 is 0 Å². The van der Waals surface area contributed by atoms with Gasteiger partial charge in [-0.15, -0.1) is 0 Å². The summed E-state index contributed by atoms with van der Waals surface area (Å²) in [6.07, 6.45) is 1.43. The minimum Gasteiger partial charge on any atom is -0.508 e. The molecule has 0 bridgehead atoms. The summed E-state index contributed by atoms with van der Waals surface area (Å²) in [7, 11) is 0. The van der Waals surface area contributed by atoms with Crippen molar-refractivity contribution in [2.45, 2.75) is 0 Å². The normalized spacial score (nSPS) is 10.5. The Hall–Kier alpha value is -2.82. The summed E-state index contributed by atoms with van der Waals surface area (Å²) in [5.74, 6) is -0.148. The highest BCUT2D eigenvalue weighted by molar-refractivity contribution is 5.95. The summed E-state index contributed by atoms with van der Waals surface area (Å²) in [6.45, 7) is 0. The van der Waals surface area contributed by atoms with Crippen molar-refractivity contribution in [3.8, 4) is 11.5 Å². The Bertz CT molecular complexity index is 606. The average molecular weight is 256 g/mol. The van der Waals surface area contributed by atoms with Crippen LogP contribution in [-0.2, 0) is 0 Å². The highest BCUT2D eigenvalue weighted by atomic mass is 16.3. The molecular weight excluding hydrogens is 244 g/mol. The molecular formula is C14H12N2O3. The molecule has 5 nitrogen and oxygen atoms in total. The summed E-state index contributed by atoms with van der Waals surface area (Å²) < 4.78 is 0. The number of rotatable bonds is 3. The standard InChI is InChI=1S/C14H12N2O3/c17-12-6-4-11(5-7-12)14(19)16-15-9-10-2-1-3-13(18)8-10/h1-9,17-18H,(H,16,19). The van der Waals surface area contributed by atoms with Gasteiger partial charge in [0, 0.05) is 5.56 Å². The molecule has 2 rings (SSSR count). The van der Waals surface area contributed by atoms with Crippen molar-refractivity contribution in [1.29, 1.82) is 0 Å². The molecule has 5 heteroatoms. The summed E-state index contributed by atoms with van der Waals surface area (Å²) in [4.78, 5) is 11.7. The van der Waals surface area contributed by atoms with Gasteiger partial charge in [-0.05, 0) is 42.0 Å². The molecule has 0 fully saturated rings. The van der Waals surface area contributed by atoms with Crippen LogP contribution in [-0.4, -0.2) is 22.3 Å². The fourth-order valence-corrected chi connectivity index (χ4v) is 1.45. The van der Waals surface area contributed by atoms with E-state index in [9.17, 15) is 9.90 Å². The van der Waals surface area contributed by atoms with Crippen LogP contribution in [0.3, 0.4) is 0 Å². The van der Waals surface area contributed by atoms with Gasteiger partial charge in [0.05, 0.1) is 6.21 Å². The molecule has 2 aromatic carbocycles. The maximum Gasteiger partial charge on any atom is 0.271 e. The first-order valence-corrected chi connectivity index (χ1v) is 5.56. The summed E-state index contributed by atoms with van der Waals surface area (Å²) in [5, 5.41) is 22.1. The highest BCUT2D eigenvalue weighted by Gasteiger charge is 2.03. The molecule has 1 amide bonds. The van der Waals surface area contributed by atoms with Crippen LogP contribution in [0.4, 0.5) is 0 Å². The molecule has 0 aromatic heterocycles. The molecule has 0 saturated carbocycles. The molecule has 0 radical (unpaired) electrons. The van der Waals surface area contributed by atoms with E-state index in [1.54, 1.807) is 18.2 Å². The number of nitrogens with one attached hydrogen (secondary N) is 1. The molecule has 2 aromatic rings. The molecule has 3 N–H and O–H groups in total. The van der Waals surface area contributed by atoms with E-state index in [1.807, 2.05) is 0 Å². The first kappa shape index (κ1) is 12.6. The van der Waals surface area contributed by atoms with E-state index in [0.717, 1.165) is 0 Å². The van der Waals surface area contributed by atoms with Crippen LogP contribution in [0.1, 0.15) is 15.9 Å². The quantitative estimate of drug-likeness (QED) is 0.579. The largest absolute Gasteiger partial charge is 0.508 e. The lowest BCUT2D eigenvalue weighted by molar-refractivity contribution is 0.0955. The van der Waals surface area contributed by atoms with Crippen molar-refractivity contribution >= 4 is 12.1 Å². The number of nitrogens with zero attached hydrogens (tertiary/aromatic N) is 1. The third-order valence-electron chi connectivity index (χ3n) is 2.38. The number of amides is 1. The number of carbonyl (C=O) groups excluding carboxylic acids is 1. The molecule has 0 aliphatic rings. The van der Waals surface area contributed by atoms with Gasteiger partial charge in [-0.3, -0.25) is 4.79 Å². The number of hydrazone groups is 1. The van der Waals surface area contributed by atoms with Crippen molar-refractivity contribution in [3.05, 3.63) is 59.7 Å². The number of hydrogen-bond acceptors (Lipinski definition) is 4. The summed E-state index contributed by atoms with van der Waals surface area (Å²) in [5.41, 5.74) is 3.42. The third kappa shape index (κ3) is 3.57. The first-order chi connectivity index (χ1) is 9.15. The number of phenols is 2. The van der Waals surface area contributed by atoms with Gasteiger partial charge >= 0.3 is 0 Å². The van der Waals surface area contributed by atoms with E-state index >= 15 is 0 Å². The molecule has 0 spiro atoms. The second kappa shape index (κ2) is 5.68. The van der Waals surface area contributed by atoms with Gasteiger partial charge in [-0.2, -0.15) is 5.10 Å². The summed E-state index contributed by atoms with van der Waals surface area (Å²) >= 11 is 0. The molecule has 0 unspecified atom stereocenters. The van der Waals surface area contributed by atoms with Crippen LogP contribution in [0.2, 0.25) is 0 Å². The maximum atomic E-state index is 11.7. The van der Waals surface area contributed by atoms with Gasteiger partial charge in [0.2, 0.25) is 0 Å². The predicted molar refractivity (Wildman–Crippen MR) is 71.3 cm³/mol. The van der Waals surface area contributed by atoms with Gasteiger partial charge in [0.25, 0.3) is 5.91 Å². The lowest BCUT2D eigenvalue weighted by Gasteiger charge is -2.00. The highest BCUT2D eigenvalue weighted by Crippen LogP contribution is 2.10. The van der Waals surface area contributed by atoms with Crippen molar-refractivity contribution in [1.82, 2.24) is 5.43 Å². The van der Waals surface area contributed by atoms with Gasteiger partial charge in [-0.25, -0.2) is 5.43 Å². The van der Waals surface area contributed by atoms with Crippen LogP contribution >= 0.6 is 0 Å². The lowest BCUT2D eigenvalue weighted by atomic mass is 10.2. The van der Waals surface area contributed by atoms with Crippen LogP contribution in [0.5, 0.6) is 11.5 Å². The molecule has 19 heavy (non-hydrogen) atoms. The first-order valence-electron chi connectivity index (χ1n) is 5.56. The monoisotopic (exact) mass is 256 g/mol. The smallest absolute Gasteiger partial charge is 0.271 e. The van der Waals surface area contributed by atoms with E-state index in [4.69, 9.17) is 5.11 Å². The Labute approximate surface area is 109 Å². The Morgan fingerprint density at radius 1 is 1.05 bits per heavy atom. The Kier molecular flexibility index (Phi) is 3.78. The second-order valence-electron chi connectivity index (χ2n) is 3.84. The number of hydrogen-bond donors (Lipinski definition) is 3. The minimum absolute atomic E-state index is 0.0970. The number of aromatic hydroxyl groups is 2. The van der Waals surface area contributed by atoms with E-state index in [-0.39, 0.29) is 17.4 Å². The third-order valence-corrected chi connectivity index (χ3v) is 2.38. The predicted octanol–water partition coefficient (Wildman–Crippen LogP) is 1.86. The van der Waals surface area contributed by atoms with Crippen molar-refractivity contribution in [2.75, 3.05) is 0 Å². The zero-order valence-electron chi connectivity index (χ0n) is 9.95. The Balaban J connectivity index is 1.98. The van der Waals surface area contributed by atoms with E-state index in [0.29, 0.717) is 11.1 Å². The van der Waals surface area contributed by atoms with Crippen molar-refractivity contribution < 1.29 is 15.0 Å². The number of benzene rings is 2. The molecule has 0 aliphatic carbocycles. The topological polar surface area (TPSA) is 81.9 Å². The number of carbonyl (C=O) groups is 1. The Morgan fingerprint density at radius 2 is 1.79 bits per heavy atom. The van der Waals surface area contributed by atoms with Crippen LogP contribution < -0.4 is 5.43 Å². The van der Waals surface area contributed by atoms with Gasteiger partial charge in [0.15, 0.2) is 0 Å².